The summed E-state index contributed by atoms with van der Waals surface area (Å²) in [5.74, 6) is -0.578. The van der Waals surface area contributed by atoms with E-state index in [1.165, 1.54) is 0 Å². The molecule has 1 aliphatic rings. The van der Waals surface area contributed by atoms with E-state index >= 15 is 0 Å². The molecule has 0 aromatic rings. The van der Waals surface area contributed by atoms with Gasteiger partial charge in [0.1, 0.15) is 0 Å². The van der Waals surface area contributed by atoms with Crippen LogP contribution in [-0.4, -0.2) is 12.6 Å². The van der Waals surface area contributed by atoms with E-state index in [9.17, 15) is 4.79 Å². The van der Waals surface area contributed by atoms with Crippen molar-refractivity contribution in [3.8, 4) is 6.07 Å². The molecule has 0 aliphatic heterocycles. The summed E-state index contributed by atoms with van der Waals surface area (Å²) in [6, 6.07) is 2.08. The third kappa shape index (κ3) is 1.65. The van der Waals surface area contributed by atoms with Crippen LogP contribution in [0.2, 0.25) is 0 Å². The van der Waals surface area contributed by atoms with E-state index in [0.29, 0.717) is 12.2 Å². The lowest BCUT2D eigenvalue weighted by molar-refractivity contribution is -0.138. The van der Waals surface area contributed by atoms with Crippen molar-refractivity contribution in [1.29, 1.82) is 5.26 Å². The van der Waals surface area contributed by atoms with Crippen LogP contribution in [0, 0.1) is 17.2 Å². The number of nitriles is 1. The van der Waals surface area contributed by atoms with Gasteiger partial charge in [-0.3, -0.25) is 0 Å². The fourth-order valence-corrected chi connectivity index (χ4v) is 1.28. The first-order chi connectivity index (χ1) is 5.79. The first-order valence-corrected chi connectivity index (χ1v) is 4.06. The predicted molar refractivity (Wildman–Crippen MR) is 43.1 cm³/mol. The highest BCUT2D eigenvalue weighted by atomic mass is 16.5. The molecule has 0 fully saturated rings. The molecular weight excluding hydrogens is 154 g/mol. The van der Waals surface area contributed by atoms with Gasteiger partial charge >= 0.3 is 5.97 Å². The molecule has 1 unspecified atom stereocenters. The lowest BCUT2D eigenvalue weighted by Crippen LogP contribution is -2.11. The molecule has 3 heteroatoms. The number of esters is 1. The number of nitrogens with zero attached hydrogens (tertiary/aromatic N) is 1. The number of carbonyl (C=O) groups excluding carboxylic acids is 1. The summed E-state index contributed by atoms with van der Waals surface area (Å²) < 4.78 is 4.80. The molecule has 0 saturated carbocycles. The molecule has 1 atom stereocenters. The van der Waals surface area contributed by atoms with E-state index in [4.69, 9.17) is 10.00 Å². The summed E-state index contributed by atoms with van der Waals surface area (Å²) >= 11 is 0. The smallest absolute Gasteiger partial charge is 0.335 e. The van der Waals surface area contributed by atoms with Crippen LogP contribution in [0.3, 0.4) is 0 Å². The van der Waals surface area contributed by atoms with E-state index in [2.05, 4.69) is 6.07 Å². The van der Waals surface area contributed by atoms with Gasteiger partial charge < -0.3 is 4.74 Å². The topological polar surface area (TPSA) is 50.1 Å². The normalized spacial score (nSPS) is 21.3. The minimum atomic E-state index is -0.332. The van der Waals surface area contributed by atoms with Crippen LogP contribution < -0.4 is 0 Å². The first kappa shape index (κ1) is 8.79. The summed E-state index contributed by atoms with van der Waals surface area (Å²) in [6.45, 7) is 2.13. The molecule has 0 N–H and O–H groups in total. The van der Waals surface area contributed by atoms with Crippen LogP contribution >= 0.6 is 0 Å². The molecule has 0 heterocycles. The first-order valence-electron chi connectivity index (χ1n) is 4.06. The van der Waals surface area contributed by atoms with Crippen molar-refractivity contribution in [2.24, 2.45) is 5.92 Å². The second-order valence-electron chi connectivity index (χ2n) is 2.64. The summed E-state index contributed by atoms with van der Waals surface area (Å²) in [5.41, 5.74) is 0.541. The number of rotatable bonds is 2. The Morgan fingerprint density at radius 1 is 1.92 bits per heavy atom. The summed E-state index contributed by atoms with van der Waals surface area (Å²) in [5, 5.41) is 8.65. The third-order valence-electron chi connectivity index (χ3n) is 1.86. The van der Waals surface area contributed by atoms with Crippen molar-refractivity contribution in [3.63, 3.8) is 0 Å². The second kappa shape index (κ2) is 3.91. The van der Waals surface area contributed by atoms with Crippen molar-refractivity contribution in [2.45, 2.75) is 19.8 Å². The number of allylic oxidation sites excluding steroid dienone is 1. The van der Waals surface area contributed by atoms with Crippen molar-refractivity contribution in [1.82, 2.24) is 0 Å². The van der Waals surface area contributed by atoms with Gasteiger partial charge in [0, 0.05) is 0 Å². The maximum Gasteiger partial charge on any atom is 0.335 e. The van der Waals surface area contributed by atoms with E-state index < -0.39 is 0 Å². The molecule has 64 valence electrons. The van der Waals surface area contributed by atoms with Crippen LogP contribution in [0.25, 0.3) is 0 Å². The molecule has 0 radical (unpaired) electrons. The Hall–Kier alpha value is -1.30. The van der Waals surface area contributed by atoms with Gasteiger partial charge in [0.2, 0.25) is 0 Å². The average molecular weight is 165 g/mol. The molecule has 0 saturated heterocycles. The summed E-state index contributed by atoms with van der Waals surface area (Å²) in [7, 11) is 0. The van der Waals surface area contributed by atoms with Crippen molar-refractivity contribution < 1.29 is 9.53 Å². The zero-order chi connectivity index (χ0) is 8.97. The fourth-order valence-electron chi connectivity index (χ4n) is 1.28. The third-order valence-corrected chi connectivity index (χ3v) is 1.86. The van der Waals surface area contributed by atoms with Gasteiger partial charge in [-0.05, 0) is 19.8 Å². The maximum absolute atomic E-state index is 11.2. The van der Waals surface area contributed by atoms with Gasteiger partial charge in [-0.2, -0.15) is 5.26 Å². The van der Waals surface area contributed by atoms with Gasteiger partial charge in [-0.15, -0.1) is 0 Å². The van der Waals surface area contributed by atoms with Gasteiger partial charge in [-0.25, -0.2) is 4.79 Å². The molecule has 0 aromatic heterocycles. The Morgan fingerprint density at radius 2 is 2.67 bits per heavy atom. The SMILES string of the molecule is CCOC(=O)C1=CCCC1C#N. The minimum absolute atomic E-state index is 0.246. The predicted octanol–water partition coefficient (Wildman–Crippen LogP) is 1.41. The molecule has 12 heavy (non-hydrogen) atoms. The second-order valence-corrected chi connectivity index (χ2v) is 2.64. The molecule has 0 spiro atoms. The standard InChI is InChI=1S/C9H11NO2/c1-2-12-9(11)8-5-3-4-7(8)6-10/h5,7H,2-4H2,1H3. The van der Waals surface area contributed by atoms with Gasteiger partial charge in [0.25, 0.3) is 0 Å². The lowest BCUT2D eigenvalue weighted by atomic mass is 10.0. The van der Waals surface area contributed by atoms with E-state index in [-0.39, 0.29) is 11.9 Å². The highest BCUT2D eigenvalue weighted by Gasteiger charge is 2.25. The Balaban J connectivity index is 2.63. The lowest BCUT2D eigenvalue weighted by Gasteiger charge is -2.04. The Morgan fingerprint density at radius 3 is 3.25 bits per heavy atom. The van der Waals surface area contributed by atoms with Crippen LogP contribution in [0.5, 0.6) is 0 Å². The molecule has 0 amide bonds. The molecule has 3 nitrogen and oxygen atoms in total. The number of hydrogen-bond acceptors (Lipinski definition) is 3. The highest BCUT2D eigenvalue weighted by Crippen LogP contribution is 2.25. The van der Waals surface area contributed by atoms with Gasteiger partial charge in [0.05, 0.1) is 24.2 Å². The van der Waals surface area contributed by atoms with Crippen LogP contribution in [0.1, 0.15) is 19.8 Å². The zero-order valence-electron chi connectivity index (χ0n) is 7.04. The number of ether oxygens (including phenoxy) is 1. The van der Waals surface area contributed by atoms with E-state index in [1.807, 2.05) is 0 Å². The highest BCUT2D eigenvalue weighted by molar-refractivity contribution is 5.90. The fraction of sp³-hybridized carbons (Fsp3) is 0.556. The van der Waals surface area contributed by atoms with Crippen molar-refractivity contribution in [3.05, 3.63) is 11.6 Å². The summed E-state index contributed by atoms with van der Waals surface area (Å²) in [6.07, 6.45) is 3.36. The molecular formula is C9H11NO2. The van der Waals surface area contributed by atoms with E-state index in [1.54, 1.807) is 13.0 Å². The largest absolute Gasteiger partial charge is 0.463 e. The molecule has 0 bridgehead atoms. The van der Waals surface area contributed by atoms with Crippen LogP contribution in [0.4, 0.5) is 0 Å². The molecule has 0 aromatic carbocycles. The van der Waals surface area contributed by atoms with E-state index in [0.717, 1.165) is 12.8 Å². The summed E-state index contributed by atoms with van der Waals surface area (Å²) in [4.78, 5) is 11.2. The average Bonchev–Trinajstić information content (AvgIpc) is 2.51. The Kier molecular flexibility index (Phi) is 2.87. The van der Waals surface area contributed by atoms with Crippen LogP contribution in [0.15, 0.2) is 11.6 Å². The Labute approximate surface area is 71.6 Å². The maximum atomic E-state index is 11.2. The molecule has 1 rings (SSSR count). The van der Waals surface area contributed by atoms with Crippen molar-refractivity contribution >= 4 is 5.97 Å². The van der Waals surface area contributed by atoms with Crippen molar-refractivity contribution in [2.75, 3.05) is 6.61 Å². The quantitative estimate of drug-likeness (QED) is 0.581. The number of carbonyl (C=O) groups is 1. The van der Waals surface area contributed by atoms with Gasteiger partial charge in [-0.1, -0.05) is 6.08 Å². The number of hydrogen-bond donors (Lipinski definition) is 0. The monoisotopic (exact) mass is 165 g/mol. The molecule has 1 aliphatic carbocycles. The van der Waals surface area contributed by atoms with Crippen LogP contribution in [-0.2, 0) is 9.53 Å². The minimum Gasteiger partial charge on any atom is -0.463 e. The zero-order valence-corrected chi connectivity index (χ0v) is 7.04. The Bertz CT molecular complexity index is 250. The van der Waals surface area contributed by atoms with Gasteiger partial charge in [0.15, 0.2) is 0 Å².